The third-order valence-electron chi connectivity index (χ3n) is 3.96. The number of nitrogens with zero attached hydrogens (tertiary/aromatic N) is 2. The van der Waals surface area contributed by atoms with Crippen LogP contribution in [0.25, 0.3) is 0 Å². The van der Waals surface area contributed by atoms with Gasteiger partial charge in [0.1, 0.15) is 4.90 Å². The van der Waals surface area contributed by atoms with Crippen molar-refractivity contribution < 1.29 is 26.3 Å². The number of sulfonamides is 1. The van der Waals surface area contributed by atoms with Gasteiger partial charge in [-0.3, -0.25) is 4.68 Å². The summed E-state index contributed by atoms with van der Waals surface area (Å²) in [5.41, 5.74) is -0.610. The quantitative estimate of drug-likeness (QED) is 0.769. The zero-order valence-corrected chi connectivity index (χ0v) is 16.0. The smallest absolute Gasteiger partial charge is 0.376 e. The number of rotatable bonds is 5. The van der Waals surface area contributed by atoms with Gasteiger partial charge in [-0.25, -0.2) is 13.1 Å². The van der Waals surface area contributed by atoms with Crippen molar-refractivity contribution >= 4 is 33.2 Å². The first-order valence-corrected chi connectivity index (χ1v) is 10.0. The minimum Gasteiger partial charge on any atom is -0.376 e. The molecule has 1 aromatic heterocycles. The molecule has 1 aliphatic heterocycles. The van der Waals surface area contributed by atoms with E-state index in [9.17, 15) is 21.6 Å². The molecule has 1 aliphatic rings. The molecule has 0 radical (unpaired) electrons. The number of alkyl halides is 3. The molecule has 2 aromatic rings. The van der Waals surface area contributed by atoms with Gasteiger partial charge in [0.25, 0.3) is 0 Å². The highest BCUT2D eigenvalue weighted by molar-refractivity contribution is 7.89. The summed E-state index contributed by atoms with van der Waals surface area (Å²) in [6, 6.07) is 3.98. The van der Waals surface area contributed by atoms with Gasteiger partial charge in [-0.05, 0) is 18.2 Å². The van der Waals surface area contributed by atoms with E-state index in [1.165, 1.54) is 22.9 Å². The second-order valence-electron chi connectivity index (χ2n) is 5.77. The van der Waals surface area contributed by atoms with Gasteiger partial charge < -0.3 is 4.74 Å². The molecule has 0 saturated carbocycles. The molecule has 148 valence electrons. The van der Waals surface area contributed by atoms with Crippen LogP contribution in [0.1, 0.15) is 17.0 Å². The number of aromatic nitrogens is 2. The molecule has 0 atom stereocenters. The maximum absolute atomic E-state index is 13.1. The van der Waals surface area contributed by atoms with Crippen LogP contribution in [0, 0.1) is 0 Å². The van der Waals surface area contributed by atoms with Gasteiger partial charge in [0, 0.05) is 29.2 Å². The van der Waals surface area contributed by atoms with Crippen molar-refractivity contribution in [1.82, 2.24) is 14.5 Å². The van der Waals surface area contributed by atoms with E-state index in [2.05, 4.69) is 9.82 Å². The van der Waals surface area contributed by atoms with Gasteiger partial charge in [0.15, 0.2) is 5.69 Å². The lowest BCUT2D eigenvalue weighted by Crippen LogP contribution is -2.28. The molecule has 0 fully saturated rings. The molecular weight excluding hydrogens is 430 g/mol. The second kappa shape index (κ2) is 7.59. The third-order valence-corrected chi connectivity index (χ3v) is 6.14. The largest absolute Gasteiger partial charge is 0.435 e. The highest BCUT2D eigenvalue weighted by atomic mass is 35.5. The molecule has 3 rings (SSSR count). The molecule has 0 saturated heterocycles. The number of hydrogen-bond acceptors (Lipinski definition) is 4. The Hall–Kier alpha value is -1.33. The number of hydrogen-bond donors (Lipinski definition) is 1. The first kappa shape index (κ1) is 20.4. The topological polar surface area (TPSA) is 73.2 Å². The molecule has 27 heavy (non-hydrogen) atoms. The van der Waals surface area contributed by atoms with Crippen LogP contribution in [0.4, 0.5) is 13.2 Å². The highest BCUT2D eigenvalue weighted by Crippen LogP contribution is 2.34. The lowest BCUT2D eigenvalue weighted by Gasteiger charge is -2.15. The number of nitrogens with one attached hydrogen (secondary N) is 1. The van der Waals surface area contributed by atoms with Gasteiger partial charge in [-0.1, -0.05) is 23.2 Å². The molecule has 0 unspecified atom stereocenters. The van der Waals surface area contributed by atoms with Gasteiger partial charge in [-0.2, -0.15) is 18.3 Å². The SMILES string of the molecule is O=S(=O)(NCCn1nc(C(F)(F)F)c2c1CCOC2)c1cc(Cl)ccc1Cl. The van der Waals surface area contributed by atoms with Crippen molar-refractivity contribution in [2.45, 2.75) is 30.6 Å². The van der Waals surface area contributed by atoms with E-state index < -0.39 is 21.9 Å². The van der Waals surface area contributed by atoms with Gasteiger partial charge >= 0.3 is 6.18 Å². The van der Waals surface area contributed by atoms with Crippen molar-refractivity contribution in [1.29, 1.82) is 0 Å². The van der Waals surface area contributed by atoms with E-state index in [1.54, 1.807) is 0 Å². The summed E-state index contributed by atoms with van der Waals surface area (Å²) in [6.45, 7) is -0.138. The molecule has 12 heteroatoms. The molecule has 1 aromatic carbocycles. The van der Waals surface area contributed by atoms with E-state index in [0.717, 1.165) is 0 Å². The highest BCUT2D eigenvalue weighted by Gasteiger charge is 2.39. The molecule has 6 nitrogen and oxygen atoms in total. The first-order valence-electron chi connectivity index (χ1n) is 7.78. The number of benzene rings is 1. The zero-order valence-electron chi connectivity index (χ0n) is 13.7. The summed E-state index contributed by atoms with van der Waals surface area (Å²) >= 11 is 11.7. The third kappa shape index (κ3) is 4.40. The van der Waals surface area contributed by atoms with Crippen molar-refractivity contribution in [3.05, 3.63) is 45.2 Å². The summed E-state index contributed by atoms with van der Waals surface area (Å²) in [6.07, 6.45) is -4.34. The molecule has 2 heterocycles. The van der Waals surface area contributed by atoms with E-state index >= 15 is 0 Å². The molecule has 0 amide bonds. The normalized spacial score (nSPS) is 15.0. The Morgan fingerprint density at radius 3 is 2.74 bits per heavy atom. The summed E-state index contributed by atoms with van der Waals surface area (Å²) < 4.78 is 72.7. The van der Waals surface area contributed by atoms with Crippen LogP contribution in [0.15, 0.2) is 23.1 Å². The maximum atomic E-state index is 13.1. The average Bonchev–Trinajstić information content (AvgIpc) is 2.96. The van der Waals surface area contributed by atoms with Gasteiger partial charge in [-0.15, -0.1) is 0 Å². The lowest BCUT2D eigenvalue weighted by molar-refractivity contribution is -0.142. The predicted molar refractivity (Wildman–Crippen MR) is 92.2 cm³/mol. The Balaban J connectivity index is 1.78. The molecule has 0 bridgehead atoms. The fraction of sp³-hybridized carbons (Fsp3) is 0.400. The van der Waals surface area contributed by atoms with Crippen LogP contribution in [0.3, 0.4) is 0 Å². The second-order valence-corrected chi connectivity index (χ2v) is 8.35. The number of halogens is 5. The van der Waals surface area contributed by atoms with E-state index in [4.69, 9.17) is 27.9 Å². The number of ether oxygens (including phenoxy) is 1. The maximum Gasteiger partial charge on any atom is 0.435 e. The molecular formula is C15H14Cl2F3N3O3S. The Bertz CT molecular complexity index is 961. The van der Waals surface area contributed by atoms with Gasteiger partial charge in [0.2, 0.25) is 10.0 Å². The summed E-state index contributed by atoms with van der Waals surface area (Å²) in [5.74, 6) is 0. The average molecular weight is 444 g/mol. The van der Waals surface area contributed by atoms with Crippen LogP contribution in [0.2, 0.25) is 10.0 Å². The molecule has 1 N–H and O–H groups in total. The molecule has 0 spiro atoms. The minimum atomic E-state index is -4.61. The van der Waals surface area contributed by atoms with Gasteiger partial charge in [0.05, 0.1) is 24.8 Å². The minimum absolute atomic E-state index is 0.00510. The Morgan fingerprint density at radius 2 is 2.04 bits per heavy atom. The Kier molecular flexibility index (Phi) is 5.74. The van der Waals surface area contributed by atoms with Crippen LogP contribution >= 0.6 is 23.2 Å². The van der Waals surface area contributed by atoms with Crippen LogP contribution < -0.4 is 4.72 Å². The first-order chi connectivity index (χ1) is 12.6. The fourth-order valence-corrected chi connectivity index (χ4v) is 4.55. The van der Waals surface area contributed by atoms with Crippen molar-refractivity contribution in [3.8, 4) is 0 Å². The van der Waals surface area contributed by atoms with Crippen molar-refractivity contribution in [2.24, 2.45) is 0 Å². The van der Waals surface area contributed by atoms with Crippen molar-refractivity contribution in [3.63, 3.8) is 0 Å². The molecule has 0 aliphatic carbocycles. The Morgan fingerprint density at radius 1 is 1.30 bits per heavy atom. The van der Waals surface area contributed by atoms with Crippen molar-refractivity contribution in [2.75, 3.05) is 13.2 Å². The van der Waals surface area contributed by atoms with Crippen LogP contribution in [0.5, 0.6) is 0 Å². The summed E-state index contributed by atoms with van der Waals surface area (Å²) in [7, 11) is -3.98. The number of fused-ring (bicyclic) bond motifs is 1. The van der Waals surface area contributed by atoms with Crippen LogP contribution in [-0.4, -0.2) is 31.3 Å². The predicted octanol–water partition coefficient (Wildman–Crippen LogP) is 3.26. The van der Waals surface area contributed by atoms with E-state index in [0.29, 0.717) is 5.69 Å². The Labute approximate surface area is 163 Å². The van der Waals surface area contributed by atoms with E-state index in [1.807, 2.05) is 0 Å². The summed E-state index contributed by atoms with van der Waals surface area (Å²) in [5, 5.41) is 3.79. The standard InChI is InChI=1S/C15H14Cl2F3N3O3S/c16-9-1-2-11(17)13(7-9)27(24,25)21-4-5-23-12-3-6-26-8-10(12)14(22-23)15(18,19)20/h1-2,7,21H,3-6,8H2. The van der Waals surface area contributed by atoms with E-state index in [-0.39, 0.29) is 53.2 Å². The summed E-state index contributed by atoms with van der Waals surface area (Å²) in [4.78, 5) is -0.205. The van der Waals surface area contributed by atoms with Crippen LogP contribution in [-0.2, 0) is 40.5 Å². The fourth-order valence-electron chi connectivity index (χ4n) is 2.77. The zero-order chi connectivity index (χ0) is 19.8. The lowest BCUT2D eigenvalue weighted by atomic mass is 10.1. The monoisotopic (exact) mass is 443 g/mol.